The number of amides is 2. The largest absolute Gasteiger partial charge is 0.492 e. The van der Waals surface area contributed by atoms with Crippen LogP contribution in [0.5, 0.6) is 5.75 Å². The summed E-state index contributed by atoms with van der Waals surface area (Å²) in [5.41, 5.74) is 2.58. The van der Waals surface area contributed by atoms with E-state index >= 15 is 0 Å². The maximum Gasteiger partial charge on any atom is 0.314 e. The summed E-state index contributed by atoms with van der Waals surface area (Å²) in [7, 11) is 0. The highest BCUT2D eigenvalue weighted by Crippen LogP contribution is 2.12. The van der Waals surface area contributed by atoms with Crippen LogP contribution in [0.1, 0.15) is 24.5 Å². The zero-order valence-electron chi connectivity index (χ0n) is 14.3. The van der Waals surface area contributed by atoms with Crippen molar-refractivity contribution in [1.82, 2.24) is 10.6 Å². The first-order chi connectivity index (χ1) is 11.8. The lowest BCUT2D eigenvalue weighted by atomic mass is 10.1. The van der Waals surface area contributed by atoms with Crippen LogP contribution in [0.25, 0.3) is 0 Å². The zero-order chi connectivity index (χ0) is 17.0. The van der Waals surface area contributed by atoms with E-state index in [2.05, 4.69) is 41.8 Å². The Hall–Kier alpha value is -2.49. The van der Waals surface area contributed by atoms with E-state index in [-0.39, 0.29) is 6.03 Å². The summed E-state index contributed by atoms with van der Waals surface area (Å²) in [6.07, 6.45) is 2.92. The van der Waals surface area contributed by atoms with E-state index < -0.39 is 0 Å². The van der Waals surface area contributed by atoms with Crippen molar-refractivity contribution >= 4 is 6.03 Å². The minimum atomic E-state index is -0.145. The van der Waals surface area contributed by atoms with Crippen molar-refractivity contribution in [3.05, 3.63) is 65.7 Å². The van der Waals surface area contributed by atoms with Gasteiger partial charge in [-0.1, -0.05) is 49.4 Å². The lowest BCUT2D eigenvalue weighted by Crippen LogP contribution is -2.38. The van der Waals surface area contributed by atoms with Crippen molar-refractivity contribution in [2.45, 2.75) is 26.2 Å². The van der Waals surface area contributed by atoms with Crippen molar-refractivity contribution in [2.75, 3.05) is 19.7 Å². The minimum absolute atomic E-state index is 0.145. The monoisotopic (exact) mass is 326 g/mol. The average Bonchev–Trinajstić information content (AvgIpc) is 2.64. The Morgan fingerprint density at radius 1 is 0.917 bits per heavy atom. The third kappa shape index (κ3) is 6.73. The Labute approximate surface area is 144 Å². The van der Waals surface area contributed by atoms with Gasteiger partial charge in [-0.3, -0.25) is 0 Å². The normalized spacial score (nSPS) is 10.2. The highest BCUT2D eigenvalue weighted by molar-refractivity contribution is 5.73. The minimum Gasteiger partial charge on any atom is -0.492 e. The van der Waals surface area contributed by atoms with Gasteiger partial charge < -0.3 is 15.4 Å². The second-order valence-electron chi connectivity index (χ2n) is 5.62. The molecule has 2 N–H and O–H groups in total. The summed E-state index contributed by atoms with van der Waals surface area (Å²) >= 11 is 0. The van der Waals surface area contributed by atoms with Crippen LogP contribution in [0.15, 0.2) is 54.6 Å². The molecule has 2 aromatic rings. The van der Waals surface area contributed by atoms with Crippen molar-refractivity contribution < 1.29 is 9.53 Å². The molecule has 2 aromatic carbocycles. The molecule has 0 spiro atoms. The molecule has 4 nitrogen and oxygen atoms in total. The molecule has 2 amide bonds. The van der Waals surface area contributed by atoms with E-state index in [1.807, 2.05) is 30.3 Å². The third-order valence-electron chi connectivity index (χ3n) is 3.76. The van der Waals surface area contributed by atoms with Crippen LogP contribution in [0.4, 0.5) is 4.79 Å². The molecule has 0 atom stereocenters. The number of urea groups is 1. The highest BCUT2D eigenvalue weighted by atomic mass is 16.5. The van der Waals surface area contributed by atoms with Crippen molar-refractivity contribution in [3.8, 4) is 5.75 Å². The van der Waals surface area contributed by atoms with Crippen LogP contribution < -0.4 is 15.4 Å². The standard InChI is InChI=1S/C20H26N2O2/c1-2-17-10-12-19(13-11-17)24-16-15-22-20(23)21-14-6-9-18-7-4-3-5-8-18/h3-5,7-8,10-13H,2,6,9,14-16H2,1H3,(H2,21,22,23). The first-order valence-electron chi connectivity index (χ1n) is 8.55. The summed E-state index contributed by atoms with van der Waals surface area (Å²) in [5.74, 6) is 0.831. The zero-order valence-corrected chi connectivity index (χ0v) is 14.3. The number of benzene rings is 2. The summed E-state index contributed by atoms with van der Waals surface area (Å²) in [4.78, 5) is 11.7. The molecule has 0 aliphatic rings. The fourth-order valence-corrected chi connectivity index (χ4v) is 2.36. The molecule has 0 heterocycles. The van der Waals surface area contributed by atoms with Gasteiger partial charge in [-0.2, -0.15) is 0 Å². The quantitative estimate of drug-likeness (QED) is 0.692. The molecule has 0 saturated carbocycles. The number of hydrogen-bond acceptors (Lipinski definition) is 2. The molecule has 0 aromatic heterocycles. The van der Waals surface area contributed by atoms with E-state index in [4.69, 9.17) is 4.74 Å². The van der Waals surface area contributed by atoms with Gasteiger partial charge in [0, 0.05) is 6.54 Å². The second kappa shape index (κ2) is 10.3. The molecule has 128 valence electrons. The van der Waals surface area contributed by atoms with Crippen LogP contribution in [0.3, 0.4) is 0 Å². The molecule has 0 fully saturated rings. The lowest BCUT2D eigenvalue weighted by molar-refractivity contribution is 0.236. The van der Waals surface area contributed by atoms with Gasteiger partial charge in [0.25, 0.3) is 0 Å². The molecule has 0 unspecified atom stereocenters. The Morgan fingerprint density at radius 3 is 2.33 bits per heavy atom. The Kier molecular flexibility index (Phi) is 7.68. The molecule has 0 radical (unpaired) electrons. The van der Waals surface area contributed by atoms with Crippen molar-refractivity contribution in [1.29, 1.82) is 0 Å². The van der Waals surface area contributed by atoms with E-state index in [9.17, 15) is 4.79 Å². The molecule has 0 bridgehead atoms. The number of nitrogens with one attached hydrogen (secondary N) is 2. The van der Waals surface area contributed by atoms with Gasteiger partial charge in [0.2, 0.25) is 0 Å². The number of carbonyl (C=O) groups excluding carboxylic acids is 1. The Morgan fingerprint density at radius 2 is 1.62 bits per heavy atom. The van der Waals surface area contributed by atoms with Gasteiger partial charge in [0.15, 0.2) is 0 Å². The third-order valence-corrected chi connectivity index (χ3v) is 3.76. The second-order valence-corrected chi connectivity index (χ2v) is 5.62. The number of rotatable bonds is 9. The van der Waals surface area contributed by atoms with E-state index in [0.29, 0.717) is 19.7 Å². The molecule has 0 aliphatic heterocycles. The predicted octanol–water partition coefficient (Wildman–Crippen LogP) is 3.56. The van der Waals surface area contributed by atoms with E-state index in [0.717, 1.165) is 25.0 Å². The first kappa shape index (κ1) is 17.9. The van der Waals surface area contributed by atoms with Crippen LogP contribution in [-0.4, -0.2) is 25.7 Å². The molecular formula is C20H26N2O2. The van der Waals surface area contributed by atoms with Crippen LogP contribution in [0.2, 0.25) is 0 Å². The maximum atomic E-state index is 11.7. The molecule has 24 heavy (non-hydrogen) atoms. The molecular weight excluding hydrogens is 300 g/mol. The van der Waals surface area contributed by atoms with E-state index in [1.54, 1.807) is 0 Å². The number of ether oxygens (including phenoxy) is 1. The van der Waals surface area contributed by atoms with Gasteiger partial charge in [-0.05, 0) is 42.5 Å². The molecule has 4 heteroatoms. The summed E-state index contributed by atoms with van der Waals surface area (Å²) in [6, 6.07) is 18.2. The first-order valence-corrected chi connectivity index (χ1v) is 8.55. The van der Waals surface area contributed by atoms with E-state index in [1.165, 1.54) is 11.1 Å². The number of aryl methyl sites for hydroxylation is 2. The molecule has 2 rings (SSSR count). The summed E-state index contributed by atoms with van der Waals surface area (Å²) in [6.45, 7) is 3.74. The Balaban J connectivity index is 1.51. The Bertz CT molecular complexity index is 597. The van der Waals surface area contributed by atoms with Crippen molar-refractivity contribution in [3.63, 3.8) is 0 Å². The lowest BCUT2D eigenvalue weighted by Gasteiger charge is -2.09. The molecule has 0 aliphatic carbocycles. The number of hydrogen-bond donors (Lipinski definition) is 2. The van der Waals surface area contributed by atoms with Gasteiger partial charge in [-0.25, -0.2) is 4.79 Å². The summed E-state index contributed by atoms with van der Waals surface area (Å²) < 4.78 is 5.60. The van der Waals surface area contributed by atoms with Gasteiger partial charge in [0.1, 0.15) is 12.4 Å². The van der Waals surface area contributed by atoms with Crippen LogP contribution >= 0.6 is 0 Å². The maximum absolute atomic E-state index is 11.7. The average molecular weight is 326 g/mol. The topological polar surface area (TPSA) is 50.4 Å². The fraction of sp³-hybridized carbons (Fsp3) is 0.350. The van der Waals surface area contributed by atoms with Gasteiger partial charge >= 0.3 is 6.03 Å². The number of carbonyl (C=O) groups is 1. The van der Waals surface area contributed by atoms with Gasteiger partial charge in [0.05, 0.1) is 6.54 Å². The summed E-state index contributed by atoms with van der Waals surface area (Å²) in [5, 5.41) is 5.66. The van der Waals surface area contributed by atoms with Crippen LogP contribution in [-0.2, 0) is 12.8 Å². The van der Waals surface area contributed by atoms with Crippen molar-refractivity contribution in [2.24, 2.45) is 0 Å². The highest BCUT2D eigenvalue weighted by Gasteiger charge is 2.00. The fourth-order valence-electron chi connectivity index (χ4n) is 2.36. The van der Waals surface area contributed by atoms with Gasteiger partial charge in [-0.15, -0.1) is 0 Å². The predicted molar refractivity (Wildman–Crippen MR) is 97.5 cm³/mol. The smallest absolute Gasteiger partial charge is 0.314 e. The SMILES string of the molecule is CCc1ccc(OCCNC(=O)NCCCc2ccccc2)cc1. The molecule has 0 saturated heterocycles. The van der Waals surface area contributed by atoms with Crippen LogP contribution in [0, 0.1) is 0 Å².